The number of nitrogens with zero attached hydrogens (tertiary/aromatic N) is 1. The first-order valence-corrected chi connectivity index (χ1v) is 8.03. The number of hydrogen-bond donors (Lipinski definition) is 1. The van der Waals surface area contributed by atoms with Gasteiger partial charge in [-0.15, -0.1) is 0 Å². The molecule has 26 heavy (non-hydrogen) atoms. The molecule has 0 saturated carbocycles. The summed E-state index contributed by atoms with van der Waals surface area (Å²) in [5.74, 6) is -0.528. The summed E-state index contributed by atoms with van der Waals surface area (Å²) in [6.45, 7) is 5.35. The summed E-state index contributed by atoms with van der Waals surface area (Å²) in [4.78, 5) is 24.0. The van der Waals surface area contributed by atoms with E-state index in [1.54, 1.807) is 63.2 Å². The molecule has 0 unspecified atom stereocenters. The van der Waals surface area contributed by atoms with E-state index >= 15 is 0 Å². The zero-order valence-electron chi connectivity index (χ0n) is 14.9. The number of carbonyl (C=O) groups excluding carboxylic acids is 2. The van der Waals surface area contributed by atoms with Crippen molar-refractivity contribution in [1.29, 1.82) is 5.26 Å². The number of ether oxygens (including phenoxy) is 2. The standard InChI is InChI=1S/C20H20N2O4/c1-20(2,3)26-19(24)22-17-9-5-8-16(11-17)18(23)25-13-15-7-4-6-14(10-15)12-21/h4-11H,13H2,1-3H3,(H,22,24). The van der Waals surface area contributed by atoms with Crippen molar-refractivity contribution in [3.8, 4) is 6.07 Å². The topological polar surface area (TPSA) is 88.4 Å². The van der Waals surface area contributed by atoms with Crippen molar-refractivity contribution >= 4 is 17.7 Å². The van der Waals surface area contributed by atoms with Gasteiger partial charge in [0.25, 0.3) is 0 Å². The van der Waals surface area contributed by atoms with Gasteiger partial charge in [0.2, 0.25) is 0 Å². The molecule has 2 aromatic rings. The molecule has 0 bridgehead atoms. The molecule has 0 fully saturated rings. The maximum absolute atomic E-state index is 12.2. The van der Waals surface area contributed by atoms with Crippen LogP contribution in [0.1, 0.15) is 42.3 Å². The Hall–Kier alpha value is -3.33. The molecule has 0 aliphatic rings. The number of benzene rings is 2. The highest BCUT2D eigenvalue weighted by molar-refractivity contribution is 5.92. The predicted molar refractivity (Wildman–Crippen MR) is 96.6 cm³/mol. The van der Waals surface area contributed by atoms with Crippen molar-refractivity contribution in [2.45, 2.75) is 33.0 Å². The second-order valence-electron chi connectivity index (χ2n) is 6.60. The third kappa shape index (κ3) is 5.95. The van der Waals surface area contributed by atoms with Gasteiger partial charge in [-0.25, -0.2) is 9.59 Å². The molecule has 2 aromatic carbocycles. The number of nitrogens with one attached hydrogen (secondary N) is 1. The molecule has 6 nitrogen and oxygen atoms in total. The van der Waals surface area contributed by atoms with E-state index < -0.39 is 17.7 Å². The van der Waals surface area contributed by atoms with Gasteiger partial charge in [-0.2, -0.15) is 5.26 Å². The Morgan fingerprint density at radius 1 is 1.12 bits per heavy atom. The maximum atomic E-state index is 12.2. The highest BCUT2D eigenvalue weighted by atomic mass is 16.6. The fourth-order valence-corrected chi connectivity index (χ4v) is 2.11. The zero-order valence-corrected chi connectivity index (χ0v) is 14.9. The Kier molecular flexibility index (Phi) is 5.97. The summed E-state index contributed by atoms with van der Waals surface area (Å²) in [5.41, 5.74) is 1.34. The molecule has 2 rings (SSSR count). The van der Waals surface area contributed by atoms with E-state index in [1.807, 2.05) is 6.07 Å². The SMILES string of the molecule is CC(C)(C)OC(=O)Nc1cccc(C(=O)OCc2cccc(C#N)c2)c1. The average Bonchev–Trinajstić information content (AvgIpc) is 2.58. The van der Waals surface area contributed by atoms with Crippen molar-refractivity contribution in [1.82, 2.24) is 0 Å². The van der Waals surface area contributed by atoms with E-state index in [4.69, 9.17) is 14.7 Å². The Morgan fingerprint density at radius 3 is 2.54 bits per heavy atom. The van der Waals surface area contributed by atoms with Gasteiger partial charge in [0.15, 0.2) is 0 Å². The summed E-state index contributed by atoms with van der Waals surface area (Å²) in [6, 6.07) is 15.3. The van der Waals surface area contributed by atoms with E-state index in [0.29, 0.717) is 16.8 Å². The predicted octanol–water partition coefficient (Wildman–Crippen LogP) is 4.26. The van der Waals surface area contributed by atoms with Crippen LogP contribution in [0.3, 0.4) is 0 Å². The van der Waals surface area contributed by atoms with E-state index in [9.17, 15) is 9.59 Å². The van der Waals surface area contributed by atoms with Crippen LogP contribution in [0, 0.1) is 11.3 Å². The van der Waals surface area contributed by atoms with Crippen molar-refractivity contribution in [3.05, 3.63) is 65.2 Å². The molecular weight excluding hydrogens is 332 g/mol. The summed E-state index contributed by atoms with van der Waals surface area (Å²) in [5, 5.41) is 11.5. The van der Waals surface area contributed by atoms with E-state index in [-0.39, 0.29) is 6.61 Å². The highest BCUT2D eigenvalue weighted by Crippen LogP contribution is 2.15. The minimum atomic E-state index is -0.613. The summed E-state index contributed by atoms with van der Waals surface area (Å²) >= 11 is 0. The number of nitriles is 1. The van der Waals surface area contributed by atoms with E-state index in [2.05, 4.69) is 5.32 Å². The molecule has 0 heterocycles. The van der Waals surface area contributed by atoms with Gasteiger partial charge < -0.3 is 9.47 Å². The molecule has 0 aliphatic carbocycles. The second-order valence-corrected chi connectivity index (χ2v) is 6.60. The van der Waals surface area contributed by atoms with Crippen LogP contribution in [0.2, 0.25) is 0 Å². The first-order chi connectivity index (χ1) is 12.3. The zero-order chi connectivity index (χ0) is 19.2. The molecule has 0 spiro atoms. The average molecular weight is 352 g/mol. The maximum Gasteiger partial charge on any atom is 0.412 e. The summed E-state index contributed by atoms with van der Waals surface area (Å²) in [7, 11) is 0. The second kappa shape index (κ2) is 8.17. The molecule has 1 amide bonds. The lowest BCUT2D eigenvalue weighted by molar-refractivity contribution is 0.0471. The van der Waals surface area contributed by atoms with Crippen LogP contribution < -0.4 is 5.32 Å². The minimum Gasteiger partial charge on any atom is -0.457 e. The normalized spacial score (nSPS) is 10.5. The van der Waals surface area contributed by atoms with Crippen LogP contribution in [0.25, 0.3) is 0 Å². The first kappa shape index (κ1) is 19.0. The number of esters is 1. The Labute approximate surface area is 152 Å². The van der Waals surface area contributed by atoms with Gasteiger partial charge >= 0.3 is 12.1 Å². The molecule has 0 saturated heterocycles. The summed E-state index contributed by atoms with van der Waals surface area (Å²) in [6.07, 6.45) is -0.601. The van der Waals surface area contributed by atoms with Crippen molar-refractivity contribution in [3.63, 3.8) is 0 Å². The molecule has 0 radical (unpaired) electrons. The molecule has 0 aromatic heterocycles. The van der Waals surface area contributed by atoms with Gasteiger partial charge in [-0.05, 0) is 56.7 Å². The van der Waals surface area contributed by atoms with Crippen LogP contribution in [-0.2, 0) is 16.1 Å². The third-order valence-electron chi connectivity index (χ3n) is 3.17. The van der Waals surface area contributed by atoms with Crippen molar-refractivity contribution < 1.29 is 19.1 Å². The Balaban J connectivity index is 1.99. The van der Waals surface area contributed by atoms with Gasteiger partial charge in [0.05, 0.1) is 17.2 Å². The lowest BCUT2D eigenvalue weighted by atomic mass is 10.1. The fraction of sp³-hybridized carbons (Fsp3) is 0.250. The lowest BCUT2D eigenvalue weighted by Crippen LogP contribution is -2.27. The van der Waals surface area contributed by atoms with Gasteiger partial charge in [-0.3, -0.25) is 5.32 Å². The third-order valence-corrected chi connectivity index (χ3v) is 3.17. The van der Waals surface area contributed by atoms with Gasteiger partial charge in [0, 0.05) is 5.69 Å². The molecule has 1 N–H and O–H groups in total. The molecular formula is C20H20N2O4. The monoisotopic (exact) mass is 352 g/mol. The van der Waals surface area contributed by atoms with Crippen LogP contribution in [0.4, 0.5) is 10.5 Å². The quantitative estimate of drug-likeness (QED) is 0.831. The van der Waals surface area contributed by atoms with Crippen LogP contribution in [0.15, 0.2) is 48.5 Å². The molecule has 134 valence electrons. The largest absolute Gasteiger partial charge is 0.457 e. The molecule has 0 aliphatic heterocycles. The van der Waals surface area contributed by atoms with Crippen molar-refractivity contribution in [2.75, 3.05) is 5.32 Å². The molecule has 6 heteroatoms. The number of carbonyl (C=O) groups is 2. The smallest absolute Gasteiger partial charge is 0.412 e. The van der Waals surface area contributed by atoms with E-state index in [0.717, 1.165) is 5.56 Å². The first-order valence-electron chi connectivity index (χ1n) is 8.03. The molecule has 0 atom stereocenters. The minimum absolute atomic E-state index is 0.0536. The fourth-order valence-electron chi connectivity index (χ4n) is 2.11. The van der Waals surface area contributed by atoms with Gasteiger partial charge in [-0.1, -0.05) is 18.2 Å². The van der Waals surface area contributed by atoms with Crippen LogP contribution in [-0.4, -0.2) is 17.7 Å². The van der Waals surface area contributed by atoms with E-state index in [1.165, 1.54) is 6.07 Å². The Bertz CT molecular complexity index is 847. The Morgan fingerprint density at radius 2 is 1.85 bits per heavy atom. The number of hydrogen-bond acceptors (Lipinski definition) is 5. The van der Waals surface area contributed by atoms with Gasteiger partial charge in [0.1, 0.15) is 12.2 Å². The lowest BCUT2D eigenvalue weighted by Gasteiger charge is -2.19. The van der Waals surface area contributed by atoms with Crippen molar-refractivity contribution in [2.24, 2.45) is 0 Å². The number of amides is 1. The summed E-state index contributed by atoms with van der Waals surface area (Å²) < 4.78 is 10.4. The van der Waals surface area contributed by atoms with Crippen LogP contribution in [0.5, 0.6) is 0 Å². The van der Waals surface area contributed by atoms with Crippen LogP contribution >= 0.6 is 0 Å². The number of anilines is 1. The highest BCUT2D eigenvalue weighted by Gasteiger charge is 2.17. The number of rotatable bonds is 4.